The molecular weight excluding hydrogens is 188 g/mol. The van der Waals surface area contributed by atoms with Crippen LogP contribution in [0.25, 0.3) is 11.3 Å². The van der Waals surface area contributed by atoms with Gasteiger partial charge in [-0.25, -0.2) is 0 Å². The predicted molar refractivity (Wildman–Crippen MR) is 59.1 cm³/mol. The first kappa shape index (κ1) is 9.68. The second-order valence-corrected chi connectivity index (χ2v) is 3.23. The number of nitrogens with two attached hydrogens (primary N) is 1. The van der Waals surface area contributed by atoms with Gasteiger partial charge in [0.2, 0.25) is 0 Å². The Bertz CT molecular complexity index is 448. The number of nitrogens with zero attached hydrogens (tertiary/aromatic N) is 1. The fourth-order valence-electron chi connectivity index (χ4n) is 1.50. The van der Waals surface area contributed by atoms with Gasteiger partial charge < -0.3 is 10.3 Å². The molecular formula is C12H12N2O. The molecule has 0 fully saturated rings. The Hall–Kier alpha value is -1.87. The zero-order chi connectivity index (χ0) is 10.7. The lowest BCUT2D eigenvalue weighted by molar-refractivity contribution is 0.422. The fourth-order valence-corrected chi connectivity index (χ4v) is 1.50. The van der Waals surface area contributed by atoms with Crippen LogP contribution in [0.4, 0.5) is 0 Å². The summed E-state index contributed by atoms with van der Waals surface area (Å²) in [4.78, 5) is 0. The minimum absolute atomic E-state index is 0.183. The molecule has 1 atom stereocenters. The molecule has 0 amide bonds. The van der Waals surface area contributed by atoms with E-state index in [-0.39, 0.29) is 6.04 Å². The summed E-state index contributed by atoms with van der Waals surface area (Å²) in [7, 11) is 0. The van der Waals surface area contributed by atoms with Crippen molar-refractivity contribution in [1.82, 2.24) is 5.16 Å². The van der Waals surface area contributed by atoms with E-state index < -0.39 is 0 Å². The van der Waals surface area contributed by atoms with Crippen LogP contribution in [0.1, 0.15) is 11.6 Å². The lowest BCUT2D eigenvalue weighted by Crippen LogP contribution is -2.07. The highest BCUT2D eigenvalue weighted by molar-refractivity contribution is 5.64. The molecule has 1 aromatic carbocycles. The Balaban J connectivity index is 2.52. The normalized spacial score (nSPS) is 12.3. The van der Waals surface area contributed by atoms with Crippen LogP contribution in [0.2, 0.25) is 0 Å². The first-order chi connectivity index (χ1) is 7.33. The molecule has 1 aromatic heterocycles. The van der Waals surface area contributed by atoms with Crippen molar-refractivity contribution in [3.8, 4) is 11.3 Å². The molecule has 0 spiro atoms. The molecule has 0 radical (unpaired) electrons. The smallest absolute Gasteiger partial charge is 0.124 e. The Kier molecular flexibility index (Phi) is 2.65. The van der Waals surface area contributed by atoms with Crippen molar-refractivity contribution >= 4 is 0 Å². The van der Waals surface area contributed by atoms with Crippen LogP contribution in [0.15, 0.2) is 53.8 Å². The molecule has 3 heteroatoms. The first-order valence-electron chi connectivity index (χ1n) is 4.70. The summed E-state index contributed by atoms with van der Waals surface area (Å²) >= 11 is 0. The van der Waals surface area contributed by atoms with Crippen molar-refractivity contribution in [1.29, 1.82) is 0 Å². The topological polar surface area (TPSA) is 52.0 Å². The van der Waals surface area contributed by atoms with Crippen LogP contribution in [-0.2, 0) is 0 Å². The maximum Gasteiger partial charge on any atom is 0.124 e. The molecule has 0 aliphatic heterocycles. The van der Waals surface area contributed by atoms with Crippen LogP contribution in [0, 0.1) is 0 Å². The highest BCUT2D eigenvalue weighted by Gasteiger charge is 2.10. The Morgan fingerprint density at radius 3 is 2.80 bits per heavy atom. The van der Waals surface area contributed by atoms with E-state index >= 15 is 0 Å². The molecule has 0 aliphatic rings. The van der Waals surface area contributed by atoms with Crippen LogP contribution < -0.4 is 5.73 Å². The summed E-state index contributed by atoms with van der Waals surface area (Å²) in [5, 5.41) is 3.90. The van der Waals surface area contributed by atoms with E-state index in [9.17, 15) is 0 Å². The molecule has 2 rings (SSSR count). The van der Waals surface area contributed by atoms with Crippen LogP contribution >= 0.6 is 0 Å². The van der Waals surface area contributed by atoms with Gasteiger partial charge in [-0.2, -0.15) is 0 Å². The van der Waals surface area contributed by atoms with Gasteiger partial charge in [-0.1, -0.05) is 35.5 Å². The van der Waals surface area contributed by atoms with Gasteiger partial charge in [-0.3, -0.25) is 0 Å². The van der Waals surface area contributed by atoms with Crippen molar-refractivity contribution in [3.63, 3.8) is 0 Å². The minimum Gasteiger partial charge on any atom is -0.364 e. The van der Waals surface area contributed by atoms with E-state index in [1.807, 2.05) is 30.3 Å². The third-order valence-corrected chi connectivity index (χ3v) is 2.29. The first-order valence-corrected chi connectivity index (χ1v) is 4.70. The van der Waals surface area contributed by atoms with Gasteiger partial charge in [0, 0.05) is 17.7 Å². The Labute approximate surface area is 88.2 Å². The second-order valence-electron chi connectivity index (χ2n) is 3.23. The van der Waals surface area contributed by atoms with Crippen LogP contribution in [0.5, 0.6) is 0 Å². The summed E-state index contributed by atoms with van der Waals surface area (Å²) in [6.07, 6.45) is 3.25. The standard InChI is InChI=1S/C12H12N2O/c1-2-11(13)9-5-3-4-6-10(9)12-7-8-15-14-12/h2-8,11H,1,13H2. The summed E-state index contributed by atoms with van der Waals surface area (Å²) in [6, 6.07) is 9.46. The fraction of sp³-hybridized carbons (Fsp3) is 0.0833. The van der Waals surface area contributed by atoms with Crippen LogP contribution in [0.3, 0.4) is 0 Å². The number of rotatable bonds is 3. The van der Waals surface area contributed by atoms with Gasteiger partial charge in [0.05, 0.1) is 0 Å². The maximum absolute atomic E-state index is 5.92. The lowest BCUT2D eigenvalue weighted by Gasteiger charge is -2.10. The molecule has 3 nitrogen and oxygen atoms in total. The second kappa shape index (κ2) is 4.11. The summed E-state index contributed by atoms with van der Waals surface area (Å²) in [5.41, 5.74) is 8.71. The van der Waals surface area contributed by atoms with Crippen LogP contribution in [-0.4, -0.2) is 5.16 Å². The number of hydrogen-bond donors (Lipinski definition) is 1. The van der Waals surface area contributed by atoms with Crippen molar-refractivity contribution in [2.45, 2.75) is 6.04 Å². The summed E-state index contributed by atoms with van der Waals surface area (Å²) in [5.74, 6) is 0. The van der Waals surface area contributed by atoms with E-state index in [1.165, 1.54) is 0 Å². The van der Waals surface area contributed by atoms with E-state index in [1.54, 1.807) is 12.3 Å². The molecule has 76 valence electrons. The molecule has 0 saturated carbocycles. The Morgan fingerprint density at radius 1 is 1.33 bits per heavy atom. The average molecular weight is 200 g/mol. The largest absolute Gasteiger partial charge is 0.364 e. The van der Waals surface area contributed by atoms with Crippen molar-refractivity contribution < 1.29 is 4.52 Å². The van der Waals surface area contributed by atoms with E-state index in [4.69, 9.17) is 10.3 Å². The molecule has 0 saturated heterocycles. The van der Waals surface area contributed by atoms with Crippen molar-refractivity contribution in [2.75, 3.05) is 0 Å². The molecule has 1 heterocycles. The molecule has 2 N–H and O–H groups in total. The highest BCUT2D eigenvalue weighted by Crippen LogP contribution is 2.26. The van der Waals surface area contributed by atoms with Crippen molar-refractivity contribution in [3.05, 3.63) is 54.8 Å². The highest BCUT2D eigenvalue weighted by atomic mass is 16.5. The third kappa shape index (κ3) is 1.82. The summed E-state index contributed by atoms with van der Waals surface area (Å²) in [6.45, 7) is 3.69. The molecule has 1 unspecified atom stereocenters. The molecule has 0 bridgehead atoms. The monoisotopic (exact) mass is 200 g/mol. The Morgan fingerprint density at radius 2 is 2.13 bits per heavy atom. The number of benzene rings is 1. The van der Waals surface area contributed by atoms with Gasteiger partial charge >= 0.3 is 0 Å². The zero-order valence-corrected chi connectivity index (χ0v) is 8.26. The number of aromatic nitrogens is 1. The van der Waals surface area contributed by atoms with E-state index in [0.29, 0.717) is 0 Å². The quantitative estimate of drug-likeness (QED) is 0.774. The maximum atomic E-state index is 5.92. The van der Waals surface area contributed by atoms with E-state index in [0.717, 1.165) is 16.8 Å². The zero-order valence-electron chi connectivity index (χ0n) is 8.26. The minimum atomic E-state index is -0.183. The molecule has 15 heavy (non-hydrogen) atoms. The van der Waals surface area contributed by atoms with Gasteiger partial charge in [0.25, 0.3) is 0 Å². The van der Waals surface area contributed by atoms with Gasteiger partial charge in [-0.05, 0) is 5.56 Å². The van der Waals surface area contributed by atoms with Crippen molar-refractivity contribution in [2.24, 2.45) is 5.73 Å². The van der Waals surface area contributed by atoms with Gasteiger partial charge in [0.1, 0.15) is 12.0 Å². The molecule has 0 aliphatic carbocycles. The number of hydrogen-bond acceptors (Lipinski definition) is 3. The SMILES string of the molecule is C=CC(N)c1ccccc1-c1ccon1. The predicted octanol–water partition coefficient (Wildman–Crippen LogP) is 2.53. The van der Waals surface area contributed by atoms with Gasteiger partial charge in [-0.15, -0.1) is 6.58 Å². The lowest BCUT2D eigenvalue weighted by atomic mass is 9.99. The van der Waals surface area contributed by atoms with Gasteiger partial charge in [0.15, 0.2) is 0 Å². The average Bonchev–Trinajstić information content (AvgIpc) is 2.81. The van der Waals surface area contributed by atoms with E-state index in [2.05, 4.69) is 11.7 Å². The summed E-state index contributed by atoms with van der Waals surface area (Å²) < 4.78 is 4.82. The molecule has 2 aromatic rings. The third-order valence-electron chi connectivity index (χ3n) is 2.29.